The van der Waals surface area contributed by atoms with Gasteiger partial charge in [-0.25, -0.2) is 0 Å². The fraction of sp³-hybridized carbons (Fsp3) is 0.273. The highest BCUT2D eigenvalue weighted by Crippen LogP contribution is 2.16. The molecule has 0 fully saturated rings. The van der Waals surface area contributed by atoms with Gasteiger partial charge in [-0.3, -0.25) is 4.79 Å². The minimum absolute atomic E-state index is 0.155. The molecule has 1 aromatic rings. The Morgan fingerprint density at radius 2 is 2.00 bits per heavy atom. The predicted molar refractivity (Wildman–Crippen MR) is 52.9 cm³/mol. The number of phenolic OH excluding ortho intramolecular Hbond substituents is 1. The van der Waals surface area contributed by atoms with E-state index in [0.717, 1.165) is 12.8 Å². The average molecular weight is 193 g/mol. The number of unbranched alkanes of at least 4 members (excludes halogenated alkanes) is 1. The van der Waals surface area contributed by atoms with Crippen molar-refractivity contribution in [1.29, 1.82) is 0 Å². The van der Waals surface area contributed by atoms with Crippen LogP contribution in [0.25, 0.3) is 0 Å². The van der Waals surface area contributed by atoms with E-state index in [1.807, 2.05) is 0 Å². The summed E-state index contributed by atoms with van der Waals surface area (Å²) < 4.78 is 4.99. The van der Waals surface area contributed by atoms with Crippen molar-refractivity contribution in [2.75, 3.05) is 0 Å². The molecule has 0 heterocycles. The molecule has 0 saturated carbocycles. The van der Waals surface area contributed by atoms with E-state index in [-0.39, 0.29) is 11.7 Å². The average Bonchev–Trinajstić information content (AvgIpc) is 2.18. The first-order valence-corrected chi connectivity index (χ1v) is 4.51. The zero-order chi connectivity index (χ0) is 10.4. The lowest BCUT2D eigenvalue weighted by atomic mass is 10.2. The van der Waals surface area contributed by atoms with Crippen LogP contribution in [0, 0.1) is 6.92 Å². The molecular formula is C11H13O3. The smallest absolute Gasteiger partial charge is 0.311 e. The second-order valence-electron chi connectivity index (χ2n) is 2.93. The van der Waals surface area contributed by atoms with Gasteiger partial charge in [0.15, 0.2) is 0 Å². The van der Waals surface area contributed by atoms with Gasteiger partial charge in [0.2, 0.25) is 0 Å². The Kier molecular flexibility index (Phi) is 3.98. The van der Waals surface area contributed by atoms with Gasteiger partial charge >= 0.3 is 5.97 Å². The second-order valence-corrected chi connectivity index (χ2v) is 2.93. The summed E-state index contributed by atoms with van der Waals surface area (Å²) in [4.78, 5) is 11.1. The van der Waals surface area contributed by atoms with Crippen LogP contribution in [0.3, 0.4) is 0 Å². The van der Waals surface area contributed by atoms with Gasteiger partial charge in [0, 0.05) is 6.42 Å². The maximum absolute atomic E-state index is 11.1. The molecule has 1 N–H and O–H groups in total. The van der Waals surface area contributed by atoms with Gasteiger partial charge < -0.3 is 9.84 Å². The monoisotopic (exact) mass is 193 g/mol. The summed E-state index contributed by atoms with van der Waals surface area (Å²) in [6.07, 6.45) is 1.84. The van der Waals surface area contributed by atoms with E-state index in [1.54, 1.807) is 12.1 Å². The van der Waals surface area contributed by atoms with Crippen LogP contribution in [0.4, 0.5) is 0 Å². The van der Waals surface area contributed by atoms with E-state index in [9.17, 15) is 4.79 Å². The van der Waals surface area contributed by atoms with Crippen molar-refractivity contribution >= 4 is 5.97 Å². The Bertz CT molecular complexity index is 290. The van der Waals surface area contributed by atoms with Crippen molar-refractivity contribution in [1.82, 2.24) is 0 Å². The Morgan fingerprint density at radius 1 is 1.36 bits per heavy atom. The topological polar surface area (TPSA) is 46.5 Å². The van der Waals surface area contributed by atoms with Gasteiger partial charge in [0.05, 0.1) is 0 Å². The lowest BCUT2D eigenvalue weighted by Gasteiger charge is -2.03. The van der Waals surface area contributed by atoms with Crippen LogP contribution in [0.2, 0.25) is 0 Å². The van der Waals surface area contributed by atoms with Gasteiger partial charge in [-0.15, -0.1) is 0 Å². The Hall–Kier alpha value is -1.51. The minimum atomic E-state index is -0.265. The van der Waals surface area contributed by atoms with Gasteiger partial charge in [0.1, 0.15) is 11.5 Å². The highest BCUT2D eigenvalue weighted by atomic mass is 16.5. The van der Waals surface area contributed by atoms with Crippen LogP contribution < -0.4 is 4.74 Å². The first-order chi connectivity index (χ1) is 6.72. The highest BCUT2D eigenvalue weighted by Gasteiger charge is 2.03. The van der Waals surface area contributed by atoms with Crippen molar-refractivity contribution < 1.29 is 14.6 Å². The van der Waals surface area contributed by atoms with Crippen molar-refractivity contribution in [3.05, 3.63) is 31.2 Å². The summed E-state index contributed by atoms with van der Waals surface area (Å²) in [5, 5.41) is 8.98. The van der Waals surface area contributed by atoms with E-state index in [2.05, 4.69) is 6.92 Å². The van der Waals surface area contributed by atoms with Crippen LogP contribution in [-0.4, -0.2) is 11.1 Å². The van der Waals surface area contributed by atoms with Gasteiger partial charge in [-0.05, 0) is 30.7 Å². The summed E-state index contributed by atoms with van der Waals surface area (Å²) in [5.74, 6) is 0.346. The molecule has 14 heavy (non-hydrogen) atoms. The maximum Gasteiger partial charge on any atom is 0.311 e. The van der Waals surface area contributed by atoms with Crippen LogP contribution in [-0.2, 0) is 4.79 Å². The number of hydrogen-bond donors (Lipinski definition) is 1. The number of benzene rings is 1. The molecule has 0 aliphatic rings. The van der Waals surface area contributed by atoms with Gasteiger partial charge in [-0.1, -0.05) is 13.3 Å². The van der Waals surface area contributed by atoms with Crippen LogP contribution >= 0.6 is 0 Å². The zero-order valence-corrected chi connectivity index (χ0v) is 7.90. The molecule has 0 bridgehead atoms. The van der Waals surface area contributed by atoms with E-state index in [0.29, 0.717) is 12.2 Å². The molecular weight excluding hydrogens is 180 g/mol. The third-order valence-electron chi connectivity index (χ3n) is 1.70. The molecule has 75 valence electrons. The largest absolute Gasteiger partial charge is 0.508 e. The number of ether oxygens (including phenoxy) is 1. The van der Waals surface area contributed by atoms with Crippen LogP contribution in [0.15, 0.2) is 24.3 Å². The summed E-state index contributed by atoms with van der Waals surface area (Å²) in [6, 6.07) is 6.06. The second kappa shape index (κ2) is 5.27. The standard InChI is InChI=1S/C11H13O3/c1-2-3-4-11(13)14-10-7-5-9(12)6-8-10/h5-8,12H,1-4H2. The summed E-state index contributed by atoms with van der Waals surface area (Å²) >= 11 is 0. The number of esters is 1. The predicted octanol–water partition coefficient (Wildman–Crippen LogP) is 2.30. The first-order valence-electron chi connectivity index (χ1n) is 4.51. The molecule has 0 aliphatic carbocycles. The Balaban J connectivity index is 2.44. The Morgan fingerprint density at radius 3 is 2.57 bits per heavy atom. The van der Waals surface area contributed by atoms with Gasteiger partial charge in [-0.2, -0.15) is 0 Å². The minimum Gasteiger partial charge on any atom is -0.508 e. The SMILES string of the molecule is [CH2]CCCC(=O)Oc1ccc(O)cc1. The quantitative estimate of drug-likeness (QED) is 0.589. The van der Waals surface area contributed by atoms with E-state index >= 15 is 0 Å². The highest BCUT2D eigenvalue weighted by molar-refractivity contribution is 5.72. The van der Waals surface area contributed by atoms with Crippen LogP contribution in [0.1, 0.15) is 19.3 Å². The molecule has 1 rings (SSSR count). The normalized spacial score (nSPS) is 9.79. The molecule has 3 nitrogen and oxygen atoms in total. The van der Waals surface area contributed by atoms with E-state index in [1.165, 1.54) is 12.1 Å². The number of phenols is 1. The van der Waals surface area contributed by atoms with E-state index in [4.69, 9.17) is 9.84 Å². The molecule has 1 aromatic carbocycles. The first kappa shape index (κ1) is 10.6. The molecule has 0 unspecified atom stereocenters. The molecule has 3 heteroatoms. The molecule has 0 amide bonds. The van der Waals surface area contributed by atoms with Gasteiger partial charge in [0.25, 0.3) is 0 Å². The fourth-order valence-corrected chi connectivity index (χ4v) is 0.966. The number of carbonyl (C=O) groups is 1. The number of aromatic hydroxyl groups is 1. The molecule has 0 aliphatic heterocycles. The summed E-state index contributed by atoms with van der Waals surface area (Å²) in [6.45, 7) is 3.64. The third-order valence-corrected chi connectivity index (χ3v) is 1.70. The van der Waals surface area contributed by atoms with Crippen LogP contribution in [0.5, 0.6) is 11.5 Å². The zero-order valence-electron chi connectivity index (χ0n) is 7.90. The van der Waals surface area contributed by atoms with E-state index < -0.39 is 0 Å². The summed E-state index contributed by atoms with van der Waals surface area (Å²) in [7, 11) is 0. The Labute approximate surface area is 83.3 Å². The summed E-state index contributed by atoms with van der Waals surface area (Å²) in [5.41, 5.74) is 0. The molecule has 0 saturated heterocycles. The van der Waals surface area contributed by atoms with Crippen molar-refractivity contribution in [2.24, 2.45) is 0 Å². The van der Waals surface area contributed by atoms with Crippen molar-refractivity contribution in [2.45, 2.75) is 19.3 Å². The molecule has 1 radical (unpaired) electrons. The van der Waals surface area contributed by atoms with Crippen molar-refractivity contribution in [3.63, 3.8) is 0 Å². The van der Waals surface area contributed by atoms with Crippen molar-refractivity contribution in [3.8, 4) is 11.5 Å². The number of hydrogen-bond acceptors (Lipinski definition) is 3. The molecule has 0 atom stereocenters. The number of carbonyl (C=O) groups excluding carboxylic acids is 1. The number of rotatable bonds is 4. The third kappa shape index (κ3) is 3.47. The lowest BCUT2D eigenvalue weighted by Crippen LogP contribution is -2.06. The molecule has 0 spiro atoms. The molecule has 0 aromatic heterocycles. The maximum atomic E-state index is 11.1. The lowest BCUT2D eigenvalue weighted by molar-refractivity contribution is -0.134. The fourth-order valence-electron chi connectivity index (χ4n) is 0.966.